The van der Waals surface area contributed by atoms with Crippen LogP contribution in [-0.2, 0) is 25.5 Å². The maximum atomic E-state index is 12.5. The van der Waals surface area contributed by atoms with Crippen molar-refractivity contribution in [2.75, 3.05) is 24.7 Å². The van der Waals surface area contributed by atoms with Crippen molar-refractivity contribution < 1.29 is 23.8 Å². The molecule has 4 N–H and O–H groups in total. The van der Waals surface area contributed by atoms with Crippen LogP contribution in [0.4, 0.5) is 11.4 Å². The average Bonchev–Trinajstić information content (AvgIpc) is 2.83. The molecule has 7 nitrogen and oxygen atoms in total. The van der Waals surface area contributed by atoms with Crippen molar-refractivity contribution in [2.24, 2.45) is 5.92 Å². The fraction of sp³-hybridized carbons (Fsp3) is 0.357. The molecule has 0 spiro atoms. The Balaban J connectivity index is 1.38. The third-order valence-corrected chi connectivity index (χ3v) is 5.87. The molecule has 0 aliphatic heterocycles. The zero-order valence-corrected chi connectivity index (χ0v) is 20.0. The molecule has 3 rings (SSSR count). The van der Waals surface area contributed by atoms with Crippen molar-refractivity contribution in [3.63, 3.8) is 0 Å². The topological polar surface area (TPSA) is 114 Å². The molecule has 0 saturated heterocycles. The van der Waals surface area contributed by atoms with E-state index in [2.05, 4.69) is 6.58 Å². The van der Waals surface area contributed by atoms with Crippen LogP contribution in [0.3, 0.4) is 0 Å². The summed E-state index contributed by atoms with van der Waals surface area (Å²) in [7, 11) is 0. The number of hydrogen-bond donors (Lipinski definition) is 2. The van der Waals surface area contributed by atoms with Crippen LogP contribution in [-0.4, -0.2) is 31.3 Å². The largest absolute Gasteiger partial charge is 0.462 e. The number of anilines is 2. The Labute approximate surface area is 206 Å². The van der Waals surface area contributed by atoms with Gasteiger partial charge in [-0.15, -0.1) is 6.58 Å². The molecule has 0 aromatic heterocycles. The Morgan fingerprint density at radius 1 is 0.971 bits per heavy atom. The predicted molar refractivity (Wildman–Crippen MR) is 138 cm³/mol. The minimum absolute atomic E-state index is 0.104. The van der Waals surface area contributed by atoms with E-state index in [9.17, 15) is 9.59 Å². The molecule has 0 bridgehead atoms. The number of benzene rings is 2. The van der Waals surface area contributed by atoms with E-state index in [1.807, 2.05) is 6.08 Å². The van der Waals surface area contributed by atoms with Gasteiger partial charge in [0.25, 0.3) is 0 Å². The summed E-state index contributed by atoms with van der Waals surface area (Å²) in [5, 5.41) is 0. The molecular formula is C28H34N2O5. The minimum Gasteiger partial charge on any atom is -0.462 e. The first-order valence-electron chi connectivity index (χ1n) is 12.0. The van der Waals surface area contributed by atoms with Gasteiger partial charge >= 0.3 is 11.9 Å². The lowest BCUT2D eigenvalue weighted by Gasteiger charge is -2.27. The second-order valence-electron chi connectivity index (χ2n) is 8.67. The van der Waals surface area contributed by atoms with Gasteiger partial charge in [0.05, 0.1) is 25.2 Å². The molecule has 0 atom stereocenters. The maximum Gasteiger partial charge on any atom is 0.330 e. The Morgan fingerprint density at radius 3 is 2.31 bits per heavy atom. The van der Waals surface area contributed by atoms with Crippen molar-refractivity contribution in [3.8, 4) is 5.75 Å². The van der Waals surface area contributed by atoms with Crippen LogP contribution in [0.5, 0.6) is 5.75 Å². The lowest BCUT2D eigenvalue weighted by Crippen LogP contribution is -2.29. The standard InChI is InChI=1S/C28H34N2O5/c1-2-3-15-33-25-11-7-22(8-12-25)28(32)35-26-9-4-20(5-10-26)6-13-27(31)34-16-14-21-17-23(29)19-24(30)18-21/h2,4-6,9-10,13,17-19,22,25H,1,3,7-8,11-12,14-16,29-30H2/b13-6+. The summed E-state index contributed by atoms with van der Waals surface area (Å²) in [6.45, 7) is 4.60. The molecule has 0 unspecified atom stereocenters. The molecule has 7 heteroatoms. The number of ether oxygens (including phenoxy) is 3. The molecular weight excluding hydrogens is 444 g/mol. The number of nitrogen functional groups attached to an aromatic ring is 2. The monoisotopic (exact) mass is 478 g/mol. The number of esters is 2. The lowest BCUT2D eigenvalue weighted by atomic mass is 9.87. The number of hydrogen-bond acceptors (Lipinski definition) is 7. The minimum atomic E-state index is -0.443. The predicted octanol–water partition coefficient (Wildman–Crippen LogP) is 4.71. The van der Waals surface area contributed by atoms with Gasteiger partial charge < -0.3 is 25.7 Å². The van der Waals surface area contributed by atoms with E-state index in [1.54, 1.807) is 48.5 Å². The van der Waals surface area contributed by atoms with Gasteiger partial charge in [0, 0.05) is 23.9 Å². The molecule has 2 aromatic rings. The van der Waals surface area contributed by atoms with Crippen molar-refractivity contribution in [1.82, 2.24) is 0 Å². The van der Waals surface area contributed by atoms with Gasteiger partial charge in [0.1, 0.15) is 5.75 Å². The average molecular weight is 479 g/mol. The molecule has 0 heterocycles. The zero-order valence-electron chi connectivity index (χ0n) is 20.0. The van der Waals surface area contributed by atoms with E-state index in [4.69, 9.17) is 25.7 Å². The highest BCUT2D eigenvalue weighted by Crippen LogP contribution is 2.28. The first-order chi connectivity index (χ1) is 16.9. The second-order valence-corrected chi connectivity index (χ2v) is 8.67. The van der Waals surface area contributed by atoms with Crippen LogP contribution in [0.25, 0.3) is 6.08 Å². The molecule has 1 aliphatic carbocycles. The van der Waals surface area contributed by atoms with Gasteiger partial charge in [0.2, 0.25) is 0 Å². The first-order valence-corrected chi connectivity index (χ1v) is 12.0. The Kier molecular flexibility index (Phi) is 9.93. The van der Waals surface area contributed by atoms with Gasteiger partial charge in [-0.3, -0.25) is 4.79 Å². The van der Waals surface area contributed by atoms with E-state index in [1.165, 1.54) is 6.08 Å². The summed E-state index contributed by atoms with van der Waals surface area (Å²) < 4.78 is 16.6. The van der Waals surface area contributed by atoms with Crippen LogP contribution in [0.1, 0.15) is 43.2 Å². The van der Waals surface area contributed by atoms with E-state index in [0.717, 1.165) is 43.2 Å². The number of carbonyl (C=O) groups excluding carboxylic acids is 2. The van der Waals surface area contributed by atoms with Gasteiger partial charge in [-0.25, -0.2) is 4.79 Å². The summed E-state index contributed by atoms with van der Waals surface area (Å²) >= 11 is 0. The van der Waals surface area contributed by atoms with E-state index in [0.29, 0.717) is 30.2 Å². The molecule has 0 radical (unpaired) electrons. The van der Waals surface area contributed by atoms with Gasteiger partial charge in [-0.2, -0.15) is 0 Å². The number of rotatable bonds is 11. The third-order valence-electron chi connectivity index (χ3n) is 5.87. The highest BCUT2D eigenvalue weighted by atomic mass is 16.5. The van der Waals surface area contributed by atoms with Crippen molar-refractivity contribution >= 4 is 29.4 Å². The SMILES string of the molecule is C=CCCOC1CCC(C(=O)Oc2ccc(/C=C/C(=O)OCCc3cc(N)cc(N)c3)cc2)CC1. The van der Waals surface area contributed by atoms with Gasteiger partial charge in [-0.1, -0.05) is 18.2 Å². The molecule has 1 fully saturated rings. The smallest absolute Gasteiger partial charge is 0.330 e. The highest BCUT2D eigenvalue weighted by Gasteiger charge is 2.28. The lowest BCUT2D eigenvalue weighted by molar-refractivity contribution is -0.141. The van der Waals surface area contributed by atoms with Gasteiger partial charge in [0.15, 0.2) is 0 Å². The molecule has 1 aliphatic rings. The Hall–Kier alpha value is -3.58. The van der Waals surface area contributed by atoms with E-state index in [-0.39, 0.29) is 24.6 Å². The molecule has 1 saturated carbocycles. The third kappa shape index (κ3) is 8.94. The normalized spacial score (nSPS) is 17.7. The summed E-state index contributed by atoms with van der Waals surface area (Å²) in [6, 6.07) is 12.3. The van der Waals surface area contributed by atoms with Crippen molar-refractivity contribution in [3.05, 3.63) is 72.3 Å². The number of carbonyl (C=O) groups is 2. The van der Waals surface area contributed by atoms with E-state index < -0.39 is 5.97 Å². The van der Waals surface area contributed by atoms with Crippen molar-refractivity contribution in [1.29, 1.82) is 0 Å². The maximum absolute atomic E-state index is 12.5. The zero-order chi connectivity index (χ0) is 25.0. The Morgan fingerprint density at radius 2 is 1.66 bits per heavy atom. The molecule has 2 aromatic carbocycles. The number of nitrogens with two attached hydrogens (primary N) is 2. The molecule has 186 valence electrons. The summed E-state index contributed by atoms with van der Waals surface area (Å²) in [6.07, 6.45) is 9.72. The van der Waals surface area contributed by atoms with Crippen molar-refractivity contribution in [2.45, 2.75) is 44.6 Å². The fourth-order valence-electron chi connectivity index (χ4n) is 4.00. The van der Waals surface area contributed by atoms with Gasteiger partial charge in [-0.05, 0) is 79.6 Å². The second kappa shape index (κ2) is 13.3. The van der Waals surface area contributed by atoms with Crippen LogP contribution >= 0.6 is 0 Å². The van der Waals surface area contributed by atoms with E-state index >= 15 is 0 Å². The van der Waals surface area contributed by atoms with Crippen LogP contribution in [0, 0.1) is 5.92 Å². The van der Waals surface area contributed by atoms with Crippen LogP contribution < -0.4 is 16.2 Å². The quantitative estimate of drug-likeness (QED) is 0.120. The summed E-state index contributed by atoms with van der Waals surface area (Å²) in [5.41, 5.74) is 14.4. The fourth-order valence-corrected chi connectivity index (χ4v) is 4.00. The summed E-state index contributed by atoms with van der Waals surface area (Å²) in [4.78, 5) is 24.5. The highest BCUT2D eigenvalue weighted by molar-refractivity contribution is 5.87. The molecule has 35 heavy (non-hydrogen) atoms. The van der Waals surface area contributed by atoms with Crippen LogP contribution in [0.2, 0.25) is 0 Å². The first kappa shape index (κ1) is 26.0. The molecule has 0 amide bonds. The Bertz CT molecular complexity index is 1000. The summed E-state index contributed by atoms with van der Waals surface area (Å²) in [5.74, 6) is -0.266. The van der Waals surface area contributed by atoms with Crippen LogP contribution in [0.15, 0.2) is 61.2 Å².